The highest BCUT2D eigenvalue weighted by molar-refractivity contribution is 6.00. The van der Waals surface area contributed by atoms with Crippen LogP contribution < -0.4 is 15.8 Å². The van der Waals surface area contributed by atoms with Gasteiger partial charge in [0, 0.05) is 36.4 Å². The molecule has 14 heteroatoms. The number of nitrogens with zero attached hydrogens (tertiary/aromatic N) is 4. The molecule has 0 aromatic heterocycles. The molecule has 1 aliphatic rings. The van der Waals surface area contributed by atoms with Crippen LogP contribution in [0.4, 0.5) is 4.79 Å². The van der Waals surface area contributed by atoms with Crippen molar-refractivity contribution >= 4 is 18.0 Å². The standard InChI is InChI=1S/C35H42N6O8/c1-44-33(42)35(24-26-8-3-2-4-9-26)31(30-11-6-5-10-28(30)25-39-41-37)49-32(40-35)27-12-14-29(15-13-27)47-18-7-19-48-34(43)38-17-21-46-23-22-45-20-16-36/h2-6,8-15,31H,7,16-25,36H2,1H3,(H,38,43)/t31-,35-/m0/s1. The van der Waals surface area contributed by atoms with Crippen LogP contribution >= 0.6 is 0 Å². The van der Waals surface area contributed by atoms with E-state index >= 15 is 0 Å². The molecule has 3 aromatic rings. The molecule has 0 saturated heterocycles. The number of nitrogens with one attached hydrogen (secondary N) is 1. The lowest BCUT2D eigenvalue weighted by Gasteiger charge is -2.30. The third kappa shape index (κ3) is 10.7. The third-order valence-electron chi connectivity index (χ3n) is 7.50. The topological polar surface area (TPSA) is 189 Å². The number of esters is 1. The lowest BCUT2D eigenvalue weighted by atomic mass is 9.81. The summed E-state index contributed by atoms with van der Waals surface area (Å²) < 4.78 is 33.4. The average molecular weight is 675 g/mol. The molecule has 0 fully saturated rings. The van der Waals surface area contributed by atoms with Gasteiger partial charge in [0.25, 0.3) is 0 Å². The van der Waals surface area contributed by atoms with Crippen LogP contribution in [0.3, 0.4) is 0 Å². The summed E-state index contributed by atoms with van der Waals surface area (Å²) in [6.07, 6.45) is -0.691. The van der Waals surface area contributed by atoms with Crippen molar-refractivity contribution < 1.29 is 38.0 Å². The highest BCUT2D eigenvalue weighted by atomic mass is 16.6. The van der Waals surface area contributed by atoms with Gasteiger partial charge in [-0.1, -0.05) is 59.7 Å². The summed E-state index contributed by atoms with van der Waals surface area (Å²) in [5.41, 5.74) is 15.8. The maximum atomic E-state index is 13.7. The average Bonchev–Trinajstić information content (AvgIpc) is 3.52. The van der Waals surface area contributed by atoms with E-state index in [0.29, 0.717) is 75.0 Å². The van der Waals surface area contributed by atoms with E-state index in [1.165, 1.54) is 7.11 Å². The van der Waals surface area contributed by atoms with E-state index in [2.05, 4.69) is 15.3 Å². The molecule has 3 aromatic carbocycles. The van der Waals surface area contributed by atoms with Crippen molar-refractivity contribution in [1.29, 1.82) is 0 Å². The number of carbonyl (C=O) groups is 2. The molecule has 3 N–H and O–H groups in total. The van der Waals surface area contributed by atoms with Gasteiger partial charge in [-0.25, -0.2) is 14.6 Å². The Labute approximate surface area is 285 Å². The predicted octanol–water partition coefficient (Wildman–Crippen LogP) is 4.66. The van der Waals surface area contributed by atoms with Crippen molar-refractivity contribution in [2.75, 3.05) is 59.8 Å². The van der Waals surface area contributed by atoms with Gasteiger partial charge >= 0.3 is 12.1 Å². The normalized spacial score (nSPS) is 16.5. The first kappa shape index (κ1) is 36.7. The highest BCUT2D eigenvalue weighted by Gasteiger charge is 2.54. The Balaban J connectivity index is 1.37. The molecule has 1 aliphatic heterocycles. The number of hydrogen-bond acceptors (Lipinski definition) is 11. The molecule has 4 rings (SSSR count). The summed E-state index contributed by atoms with van der Waals surface area (Å²) in [7, 11) is 1.33. The third-order valence-corrected chi connectivity index (χ3v) is 7.50. The Bertz CT molecular complexity index is 1570. The van der Waals surface area contributed by atoms with Gasteiger partial charge < -0.3 is 39.5 Å². The molecule has 0 aliphatic carbocycles. The maximum Gasteiger partial charge on any atom is 0.407 e. The number of benzene rings is 3. The van der Waals surface area contributed by atoms with Crippen molar-refractivity contribution in [3.63, 3.8) is 0 Å². The number of hydrogen-bond donors (Lipinski definition) is 2. The summed E-state index contributed by atoms with van der Waals surface area (Å²) >= 11 is 0. The van der Waals surface area contributed by atoms with Crippen LogP contribution in [0.1, 0.15) is 34.8 Å². The Kier molecular flexibility index (Phi) is 14.7. The SMILES string of the molecule is COC(=O)[C@@]1(Cc2ccccc2)N=C(c2ccc(OCCCOC(=O)NCCOCCOCCN)cc2)O[C@H]1c1ccccc1CN=[N+]=[N-]. The van der Waals surface area contributed by atoms with Crippen molar-refractivity contribution in [3.8, 4) is 5.75 Å². The van der Waals surface area contributed by atoms with Crippen LogP contribution in [0.15, 0.2) is 89.0 Å². The van der Waals surface area contributed by atoms with Crippen LogP contribution in [0, 0.1) is 0 Å². The van der Waals surface area contributed by atoms with Gasteiger partial charge in [0.2, 0.25) is 11.4 Å². The molecule has 14 nitrogen and oxygen atoms in total. The first-order valence-corrected chi connectivity index (χ1v) is 16.0. The lowest BCUT2D eigenvalue weighted by molar-refractivity contribution is -0.150. The van der Waals surface area contributed by atoms with Crippen molar-refractivity contribution in [2.45, 2.75) is 31.0 Å². The first-order chi connectivity index (χ1) is 24.0. The van der Waals surface area contributed by atoms with Crippen LogP contribution in [-0.4, -0.2) is 83.3 Å². The quantitative estimate of drug-likeness (QED) is 0.0565. The second-order valence-corrected chi connectivity index (χ2v) is 10.9. The fourth-order valence-corrected chi connectivity index (χ4v) is 5.20. The van der Waals surface area contributed by atoms with Crippen molar-refractivity contribution in [3.05, 3.63) is 112 Å². The summed E-state index contributed by atoms with van der Waals surface area (Å²) in [4.78, 5) is 33.3. The maximum absolute atomic E-state index is 13.7. The molecule has 49 heavy (non-hydrogen) atoms. The molecule has 1 amide bonds. The minimum atomic E-state index is -1.45. The van der Waals surface area contributed by atoms with Crippen molar-refractivity contribution in [1.82, 2.24) is 5.32 Å². The van der Waals surface area contributed by atoms with Crippen LogP contribution in [0.2, 0.25) is 0 Å². The van der Waals surface area contributed by atoms with E-state index in [4.69, 9.17) is 44.7 Å². The molecule has 1 heterocycles. The Morgan fingerprint density at radius 1 is 0.959 bits per heavy atom. The van der Waals surface area contributed by atoms with E-state index in [9.17, 15) is 9.59 Å². The number of alkyl carbamates (subject to hydrolysis) is 1. The highest BCUT2D eigenvalue weighted by Crippen LogP contribution is 2.44. The van der Waals surface area contributed by atoms with Crippen LogP contribution in [-0.2, 0) is 41.4 Å². The molecule has 0 radical (unpaired) electrons. The van der Waals surface area contributed by atoms with Gasteiger partial charge in [-0.05, 0) is 46.5 Å². The number of aliphatic imine (C=N–C) groups is 1. The zero-order valence-electron chi connectivity index (χ0n) is 27.5. The Morgan fingerprint density at radius 3 is 2.43 bits per heavy atom. The number of nitrogens with two attached hydrogens (primary N) is 1. The molecule has 260 valence electrons. The lowest BCUT2D eigenvalue weighted by Crippen LogP contribution is -2.44. The zero-order valence-corrected chi connectivity index (χ0v) is 27.5. The van der Waals surface area contributed by atoms with Crippen LogP contribution in [0.5, 0.6) is 5.75 Å². The summed E-state index contributed by atoms with van der Waals surface area (Å²) in [5, 5.41) is 6.37. The fraction of sp³-hybridized carbons (Fsp3) is 0.400. The van der Waals surface area contributed by atoms with Crippen LogP contribution in [0.25, 0.3) is 10.4 Å². The Morgan fingerprint density at radius 2 is 1.69 bits per heavy atom. The number of ether oxygens (including phenoxy) is 6. The number of azide groups is 1. The van der Waals surface area contributed by atoms with E-state index in [1.807, 2.05) is 54.6 Å². The predicted molar refractivity (Wildman–Crippen MR) is 181 cm³/mol. The number of carbonyl (C=O) groups excluding carboxylic acids is 2. The summed E-state index contributed by atoms with van der Waals surface area (Å²) in [5.74, 6) is 0.309. The van der Waals surface area contributed by atoms with Gasteiger partial charge in [-0.15, -0.1) is 0 Å². The second kappa shape index (κ2) is 19.6. The molecule has 0 spiro atoms. The number of amides is 1. The van der Waals surface area contributed by atoms with Gasteiger partial charge in [0.05, 0.1) is 53.3 Å². The largest absolute Gasteiger partial charge is 0.493 e. The molecular formula is C35H42N6O8. The van der Waals surface area contributed by atoms with E-state index in [-0.39, 0.29) is 25.5 Å². The van der Waals surface area contributed by atoms with Gasteiger partial charge in [0.1, 0.15) is 5.75 Å². The number of rotatable bonds is 20. The van der Waals surface area contributed by atoms with E-state index in [1.54, 1.807) is 24.3 Å². The summed E-state index contributed by atoms with van der Waals surface area (Å²) in [6.45, 7) is 3.08. The Hall–Kier alpha value is -5.14. The minimum absolute atomic E-state index is 0.0770. The molecule has 0 saturated carbocycles. The van der Waals surface area contributed by atoms with Crippen molar-refractivity contribution in [2.24, 2.45) is 15.8 Å². The smallest absolute Gasteiger partial charge is 0.407 e. The zero-order chi connectivity index (χ0) is 34.7. The fourth-order valence-electron chi connectivity index (χ4n) is 5.20. The summed E-state index contributed by atoms with van der Waals surface area (Å²) in [6, 6.07) is 24.0. The number of methoxy groups -OCH3 is 1. The second-order valence-electron chi connectivity index (χ2n) is 10.9. The molecule has 2 atom stereocenters. The van der Waals surface area contributed by atoms with E-state index < -0.39 is 23.7 Å². The molecule has 0 bridgehead atoms. The van der Waals surface area contributed by atoms with Gasteiger partial charge in [-0.3, -0.25) is 0 Å². The van der Waals surface area contributed by atoms with Gasteiger partial charge in [0.15, 0.2) is 6.10 Å². The molecular weight excluding hydrogens is 632 g/mol. The van der Waals surface area contributed by atoms with Gasteiger partial charge in [-0.2, -0.15) is 0 Å². The molecule has 0 unspecified atom stereocenters. The first-order valence-electron chi connectivity index (χ1n) is 16.0. The minimum Gasteiger partial charge on any atom is -0.493 e. The van der Waals surface area contributed by atoms with E-state index in [0.717, 1.165) is 5.56 Å². The monoisotopic (exact) mass is 674 g/mol.